The molecule has 1 aromatic heterocycles. The molecule has 6 nitrogen and oxygen atoms in total. The minimum atomic E-state index is -0.0936. The van der Waals surface area contributed by atoms with Gasteiger partial charge in [-0.1, -0.05) is 5.16 Å². The molecular weight excluding hydrogens is 234 g/mol. The first-order valence-electron chi connectivity index (χ1n) is 6.37. The lowest BCUT2D eigenvalue weighted by atomic mass is 9.98. The topological polar surface area (TPSA) is 68.5 Å². The predicted molar refractivity (Wildman–Crippen MR) is 63.7 cm³/mol. The number of carbonyl (C=O) groups is 1. The molecule has 0 saturated carbocycles. The molecule has 0 amide bonds. The van der Waals surface area contributed by atoms with E-state index in [9.17, 15) is 4.79 Å². The van der Waals surface area contributed by atoms with Gasteiger partial charge in [0.05, 0.1) is 19.1 Å². The quantitative estimate of drug-likeness (QED) is 0.750. The number of hydrogen-bond acceptors (Lipinski definition) is 6. The lowest BCUT2D eigenvalue weighted by molar-refractivity contribution is -0.150. The van der Waals surface area contributed by atoms with Gasteiger partial charge in [-0.3, -0.25) is 9.69 Å². The van der Waals surface area contributed by atoms with Crippen LogP contribution in [0, 0.1) is 12.8 Å². The number of nitrogens with zero attached hydrogens (tertiary/aromatic N) is 3. The lowest BCUT2D eigenvalue weighted by Crippen LogP contribution is -2.39. The van der Waals surface area contributed by atoms with Crippen molar-refractivity contribution >= 4 is 5.97 Å². The number of likely N-dealkylation sites (tertiary alicyclic amines) is 1. The molecule has 100 valence electrons. The van der Waals surface area contributed by atoms with Crippen LogP contribution in [-0.4, -0.2) is 40.7 Å². The van der Waals surface area contributed by atoms with E-state index in [1.165, 1.54) is 0 Å². The molecule has 18 heavy (non-hydrogen) atoms. The number of piperidine rings is 1. The fourth-order valence-electron chi connectivity index (χ4n) is 2.25. The zero-order valence-corrected chi connectivity index (χ0v) is 10.9. The molecule has 1 aliphatic heterocycles. The van der Waals surface area contributed by atoms with Gasteiger partial charge < -0.3 is 9.26 Å². The number of aromatic nitrogens is 2. The van der Waals surface area contributed by atoms with Gasteiger partial charge in [-0.15, -0.1) is 0 Å². The Morgan fingerprint density at radius 1 is 1.61 bits per heavy atom. The smallest absolute Gasteiger partial charge is 0.310 e. The van der Waals surface area contributed by atoms with Crippen LogP contribution in [0.15, 0.2) is 4.52 Å². The second-order valence-electron chi connectivity index (χ2n) is 4.56. The van der Waals surface area contributed by atoms with Gasteiger partial charge in [0.2, 0.25) is 5.89 Å². The van der Waals surface area contributed by atoms with Crippen LogP contribution in [0.25, 0.3) is 0 Å². The number of rotatable bonds is 4. The second-order valence-corrected chi connectivity index (χ2v) is 4.56. The fourth-order valence-corrected chi connectivity index (χ4v) is 2.25. The molecule has 0 bridgehead atoms. The molecule has 0 spiro atoms. The SMILES string of the molecule is CCOC(=O)[C@H]1CCCN(Cc2nc(C)no2)C1. The monoisotopic (exact) mass is 253 g/mol. The number of esters is 1. The molecule has 2 heterocycles. The minimum absolute atomic E-state index is 0.0253. The van der Waals surface area contributed by atoms with Crippen LogP contribution in [0.2, 0.25) is 0 Å². The molecular formula is C12H19N3O3. The maximum Gasteiger partial charge on any atom is 0.310 e. The lowest BCUT2D eigenvalue weighted by Gasteiger charge is -2.30. The molecule has 6 heteroatoms. The van der Waals surface area contributed by atoms with E-state index < -0.39 is 0 Å². The van der Waals surface area contributed by atoms with Crippen molar-refractivity contribution in [2.45, 2.75) is 33.2 Å². The highest BCUT2D eigenvalue weighted by molar-refractivity contribution is 5.72. The van der Waals surface area contributed by atoms with E-state index in [2.05, 4.69) is 15.0 Å². The summed E-state index contributed by atoms with van der Waals surface area (Å²) in [6.07, 6.45) is 1.90. The van der Waals surface area contributed by atoms with Crippen molar-refractivity contribution in [1.82, 2.24) is 15.0 Å². The first kappa shape index (κ1) is 13.0. The third-order valence-corrected chi connectivity index (χ3v) is 3.05. The molecule has 1 aliphatic rings. The minimum Gasteiger partial charge on any atom is -0.466 e. The number of carbonyl (C=O) groups excluding carboxylic acids is 1. The van der Waals surface area contributed by atoms with Gasteiger partial charge >= 0.3 is 5.97 Å². The van der Waals surface area contributed by atoms with Gasteiger partial charge in [0, 0.05) is 6.54 Å². The van der Waals surface area contributed by atoms with Gasteiger partial charge in [-0.05, 0) is 33.2 Å². The Labute approximate surface area is 106 Å². The summed E-state index contributed by atoms with van der Waals surface area (Å²) in [6, 6.07) is 0. The Hall–Kier alpha value is -1.43. The molecule has 0 aliphatic carbocycles. The number of aryl methyl sites for hydroxylation is 1. The maximum absolute atomic E-state index is 11.7. The molecule has 1 fully saturated rings. The van der Waals surface area contributed by atoms with E-state index in [4.69, 9.17) is 9.26 Å². The van der Waals surface area contributed by atoms with Crippen molar-refractivity contribution in [3.63, 3.8) is 0 Å². The van der Waals surface area contributed by atoms with E-state index in [0.717, 1.165) is 19.4 Å². The van der Waals surface area contributed by atoms with Crippen LogP contribution < -0.4 is 0 Å². The Balaban J connectivity index is 1.88. The Morgan fingerprint density at radius 2 is 2.44 bits per heavy atom. The normalized spacial score (nSPS) is 20.9. The van der Waals surface area contributed by atoms with Crippen molar-refractivity contribution in [2.75, 3.05) is 19.7 Å². The summed E-state index contributed by atoms with van der Waals surface area (Å²) >= 11 is 0. The summed E-state index contributed by atoms with van der Waals surface area (Å²) in [6.45, 7) is 6.34. The van der Waals surface area contributed by atoms with Gasteiger partial charge in [-0.2, -0.15) is 4.98 Å². The molecule has 1 aromatic rings. The highest BCUT2D eigenvalue weighted by Crippen LogP contribution is 2.19. The average molecular weight is 253 g/mol. The zero-order valence-electron chi connectivity index (χ0n) is 10.9. The van der Waals surface area contributed by atoms with Crippen LogP contribution in [0.3, 0.4) is 0 Å². The van der Waals surface area contributed by atoms with Gasteiger partial charge in [0.15, 0.2) is 5.82 Å². The largest absolute Gasteiger partial charge is 0.466 e. The Kier molecular flexibility index (Phi) is 4.30. The first-order chi connectivity index (χ1) is 8.69. The zero-order chi connectivity index (χ0) is 13.0. The summed E-state index contributed by atoms with van der Waals surface area (Å²) in [4.78, 5) is 18.0. The van der Waals surface area contributed by atoms with Crippen LogP contribution in [-0.2, 0) is 16.1 Å². The standard InChI is InChI=1S/C12H19N3O3/c1-3-17-12(16)10-5-4-6-15(7-10)8-11-13-9(2)14-18-11/h10H,3-8H2,1-2H3/t10-/m0/s1. The summed E-state index contributed by atoms with van der Waals surface area (Å²) in [5.41, 5.74) is 0. The Morgan fingerprint density at radius 3 is 3.11 bits per heavy atom. The van der Waals surface area contributed by atoms with E-state index >= 15 is 0 Å². The molecule has 0 aromatic carbocycles. The van der Waals surface area contributed by atoms with Gasteiger partial charge in [-0.25, -0.2) is 0 Å². The van der Waals surface area contributed by atoms with Gasteiger partial charge in [0.1, 0.15) is 0 Å². The molecule has 0 radical (unpaired) electrons. The summed E-state index contributed by atoms with van der Waals surface area (Å²) in [7, 11) is 0. The van der Waals surface area contributed by atoms with E-state index in [0.29, 0.717) is 31.4 Å². The van der Waals surface area contributed by atoms with Gasteiger partial charge in [0.25, 0.3) is 0 Å². The van der Waals surface area contributed by atoms with Crippen LogP contribution >= 0.6 is 0 Å². The Bertz CT molecular complexity index is 405. The summed E-state index contributed by atoms with van der Waals surface area (Å²) < 4.78 is 10.2. The number of ether oxygens (including phenoxy) is 1. The predicted octanol–water partition coefficient (Wildman–Crippen LogP) is 1.15. The second kappa shape index (κ2) is 5.95. The molecule has 1 atom stereocenters. The van der Waals surface area contributed by atoms with E-state index in [-0.39, 0.29) is 11.9 Å². The van der Waals surface area contributed by atoms with Crippen molar-refractivity contribution in [1.29, 1.82) is 0 Å². The van der Waals surface area contributed by atoms with Crippen molar-refractivity contribution in [3.05, 3.63) is 11.7 Å². The van der Waals surface area contributed by atoms with Crippen LogP contribution in [0.4, 0.5) is 0 Å². The highest BCUT2D eigenvalue weighted by atomic mass is 16.5. The molecule has 2 rings (SSSR count). The average Bonchev–Trinajstić information content (AvgIpc) is 2.75. The highest BCUT2D eigenvalue weighted by Gasteiger charge is 2.27. The van der Waals surface area contributed by atoms with Crippen LogP contribution in [0.1, 0.15) is 31.5 Å². The maximum atomic E-state index is 11.7. The molecule has 0 N–H and O–H groups in total. The van der Waals surface area contributed by atoms with Crippen molar-refractivity contribution < 1.29 is 14.1 Å². The third-order valence-electron chi connectivity index (χ3n) is 3.05. The van der Waals surface area contributed by atoms with Crippen molar-refractivity contribution in [3.8, 4) is 0 Å². The number of hydrogen-bond donors (Lipinski definition) is 0. The van der Waals surface area contributed by atoms with E-state index in [1.807, 2.05) is 6.92 Å². The van der Waals surface area contributed by atoms with Crippen LogP contribution in [0.5, 0.6) is 0 Å². The summed E-state index contributed by atoms with van der Waals surface area (Å²) in [5.74, 6) is 1.13. The third kappa shape index (κ3) is 3.29. The van der Waals surface area contributed by atoms with Crippen molar-refractivity contribution in [2.24, 2.45) is 5.92 Å². The first-order valence-corrected chi connectivity index (χ1v) is 6.37. The summed E-state index contributed by atoms with van der Waals surface area (Å²) in [5, 5.41) is 3.76. The van der Waals surface area contributed by atoms with E-state index in [1.54, 1.807) is 6.92 Å². The molecule has 0 unspecified atom stereocenters. The molecule has 1 saturated heterocycles. The fraction of sp³-hybridized carbons (Fsp3) is 0.750.